The Kier molecular flexibility index (Phi) is 5.89. The van der Waals surface area contributed by atoms with Crippen LogP contribution in [-0.2, 0) is 11.2 Å². The van der Waals surface area contributed by atoms with E-state index in [0.29, 0.717) is 6.04 Å². The number of hydrogen-bond acceptors (Lipinski definition) is 2. The fourth-order valence-electron chi connectivity index (χ4n) is 3.52. The summed E-state index contributed by atoms with van der Waals surface area (Å²) in [5.74, 6) is 0.112. The van der Waals surface area contributed by atoms with Gasteiger partial charge >= 0.3 is 0 Å². The largest absolute Gasteiger partial charge is 0.348 e. The Morgan fingerprint density at radius 1 is 1.04 bits per heavy atom. The number of hydrogen-bond donors (Lipinski definition) is 2. The van der Waals surface area contributed by atoms with E-state index in [9.17, 15) is 4.79 Å². The fourth-order valence-corrected chi connectivity index (χ4v) is 4.35. The predicted molar refractivity (Wildman–Crippen MR) is 114 cm³/mol. The molecule has 1 amide bonds. The number of aryl methyl sites for hydroxylation is 1. The van der Waals surface area contributed by atoms with Crippen LogP contribution in [0.15, 0.2) is 72.1 Å². The molecule has 0 aliphatic heterocycles. The molecule has 0 spiro atoms. The van der Waals surface area contributed by atoms with Gasteiger partial charge in [-0.25, -0.2) is 0 Å². The molecule has 28 heavy (non-hydrogen) atoms. The van der Waals surface area contributed by atoms with Crippen LogP contribution in [-0.4, -0.2) is 11.9 Å². The van der Waals surface area contributed by atoms with Gasteiger partial charge < -0.3 is 10.6 Å². The van der Waals surface area contributed by atoms with Crippen LogP contribution < -0.4 is 10.6 Å². The van der Waals surface area contributed by atoms with E-state index in [2.05, 4.69) is 71.5 Å². The van der Waals surface area contributed by atoms with E-state index in [1.54, 1.807) is 11.3 Å². The molecule has 2 atom stereocenters. The molecule has 0 bridgehead atoms. The van der Waals surface area contributed by atoms with Crippen LogP contribution in [0.3, 0.4) is 0 Å². The first kappa shape index (κ1) is 18.9. The Morgan fingerprint density at radius 3 is 2.39 bits per heavy atom. The molecule has 0 radical (unpaired) electrons. The second kappa shape index (κ2) is 8.72. The summed E-state index contributed by atoms with van der Waals surface area (Å²) in [4.78, 5) is 14.4. The maximum atomic E-state index is 13.1. The molecule has 3 nitrogen and oxygen atoms in total. The van der Waals surface area contributed by atoms with Crippen molar-refractivity contribution in [2.75, 3.05) is 0 Å². The lowest BCUT2D eigenvalue weighted by Gasteiger charge is -2.22. The third-order valence-corrected chi connectivity index (χ3v) is 6.30. The molecule has 4 rings (SSSR count). The Morgan fingerprint density at radius 2 is 1.79 bits per heavy atom. The van der Waals surface area contributed by atoms with E-state index in [-0.39, 0.29) is 18.0 Å². The van der Waals surface area contributed by atoms with Gasteiger partial charge in [0.2, 0.25) is 0 Å². The number of carbonyl (C=O) groups is 1. The van der Waals surface area contributed by atoms with E-state index >= 15 is 0 Å². The number of rotatable bonds is 8. The van der Waals surface area contributed by atoms with Crippen LogP contribution in [0.2, 0.25) is 0 Å². The molecule has 3 aromatic rings. The third-order valence-electron chi connectivity index (χ3n) is 5.35. The van der Waals surface area contributed by atoms with Gasteiger partial charge in [-0.1, -0.05) is 67.6 Å². The monoisotopic (exact) mass is 391 g/mol. The topological polar surface area (TPSA) is 45.7 Å². The summed E-state index contributed by atoms with van der Waals surface area (Å²) in [6.07, 6.45) is 3.23. The molecule has 4 heteroatoms. The van der Waals surface area contributed by atoms with Crippen molar-refractivity contribution < 1.29 is 10.1 Å². The summed E-state index contributed by atoms with van der Waals surface area (Å²) < 4.78 is 0. The number of amides is 1. The minimum Gasteiger partial charge on any atom is -0.348 e. The lowest BCUT2D eigenvalue weighted by Crippen LogP contribution is -2.88. The van der Waals surface area contributed by atoms with Gasteiger partial charge in [0.15, 0.2) is 6.04 Å². The molecule has 1 aliphatic rings. The molecular formula is C24H27N2OS+. The molecule has 2 aromatic carbocycles. The zero-order chi connectivity index (χ0) is 19.3. The van der Waals surface area contributed by atoms with Crippen LogP contribution in [0, 0.1) is 0 Å². The Hall–Kier alpha value is -2.43. The summed E-state index contributed by atoms with van der Waals surface area (Å²) in [7, 11) is 0. The van der Waals surface area contributed by atoms with Gasteiger partial charge in [0.25, 0.3) is 5.91 Å². The molecule has 1 saturated carbocycles. The number of benzene rings is 2. The van der Waals surface area contributed by atoms with Crippen molar-refractivity contribution in [3.05, 3.63) is 93.7 Å². The molecule has 1 aliphatic carbocycles. The van der Waals surface area contributed by atoms with Crippen molar-refractivity contribution in [3.63, 3.8) is 0 Å². The van der Waals surface area contributed by atoms with E-state index in [1.165, 1.54) is 16.0 Å². The minimum atomic E-state index is -0.264. The first-order chi connectivity index (χ1) is 13.7. The number of thiophene rings is 1. The van der Waals surface area contributed by atoms with Crippen molar-refractivity contribution >= 4 is 17.2 Å². The molecule has 3 N–H and O–H groups in total. The van der Waals surface area contributed by atoms with E-state index in [4.69, 9.17) is 0 Å². The number of quaternary nitrogens is 1. The lowest BCUT2D eigenvalue weighted by atomic mass is 9.99. The Labute approximate surface area is 170 Å². The first-order valence-electron chi connectivity index (χ1n) is 10.1. The summed E-state index contributed by atoms with van der Waals surface area (Å²) in [5.41, 5.74) is 3.62. The second-order valence-corrected chi connectivity index (χ2v) is 8.43. The maximum Gasteiger partial charge on any atom is 0.283 e. The summed E-state index contributed by atoms with van der Waals surface area (Å²) in [6, 6.07) is 23.4. The van der Waals surface area contributed by atoms with Crippen LogP contribution in [0.4, 0.5) is 0 Å². The summed E-state index contributed by atoms with van der Waals surface area (Å²) in [6.45, 7) is 2.17. The highest BCUT2D eigenvalue weighted by atomic mass is 32.1. The first-order valence-corrected chi connectivity index (χ1v) is 10.9. The Bertz CT molecular complexity index is 886. The van der Waals surface area contributed by atoms with Gasteiger partial charge in [-0.3, -0.25) is 4.79 Å². The van der Waals surface area contributed by atoms with Crippen molar-refractivity contribution in [2.24, 2.45) is 0 Å². The zero-order valence-electron chi connectivity index (χ0n) is 16.2. The van der Waals surface area contributed by atoms with Crippen molar-refractivity contribution in [2.45, 2.75) is 44.3 Å². The van der Waals surface area contributed by atoms with Crippen LogP contribution in [0.1, 0.15) is 53.4 Å². The molecule has 1 fully saturated rings. The number of nitrogens with one attached hydrogen (secondary N) is 1. The van der Waals surface area contributed by atoms with Gasteiger partial charge in [0, 0.05) is 17.2 Å². The van der Waals surface area contributed by atoms with E-state index in [1.807, 2.05) is 18.2 Å². The zero-order valence-corrected chi connectivity index (χ0v) is 17.0. The van der Waals surface area contributed by atoms with Gasteiger partial charge in [0.05, 0.1) is 4.88 Å². The minimum absolute atomic E-state index is 0.0982. The van der Waals surface area contributed by atoms with Crippen LogP contribution in [0.25, 0.3) is 0 Å². The lowest BCUT2D eigenvalue weighted by molar-refractivity contribution is -0.713. The highest BCUT2D eigenvalue weighted by Crippen LogP contribution is 2.25. The highest BCUT2D eigenvalue weighted by molar-refractivity contribution is 7.10. The number of nitrogens with two attached hydrogens (primary N) is 1. The van der Waals surface area contributed by atoms with Gasteiger partial charge in [-0.15, -0.1) is 11.3 Å². The standard InChI is InChI=1S/C24H26N2OS/c1-2-17-10-12-19(13-11-17)22(21-9-6-16-28-21)26-23(18-7-4-3-5-8-18)24(27)25-20-14-15-20/h3-13,16,20,22-23,26H,2,14-15H2,1H3,(H,25,27)/p+1/t22-,23-/m0/s1. The van der Waals surface area contributed by atoms with Gasteiger partial charge in [-0.05, 0) is 36.3 Å². The molecule has 1 aromatic heterocycles. The molecule has 144 valence electrons. The molecule has 0 saturated heterocycles. The summed E-state index contributed by atoms with van der Waals surface area (Å²) in [5, 5.41) is 7.54. The van der Waals surface area contributed by atoms with Gasteiger partial charge in [-0.2, -0.15) is 0 Å². The Balaban J connectivity index is 1.66. The van der Waals surface area contributed by atoms with E-state index < -0.39 is 0 Å². The SMILES string of the molecule is CCc1ccc([C@H]([NH2+][C@H](C(=O)NC2CC2)c2ccccc2)c2cccs2)cc1. The summed E-state index contributed by atoms with van der Waals surface area (Å²) >= 11 is 1.75. The normalized spacial score (nSPS) is 15.8. The number of carbonyl (C=O) groups excluding carboxylic acids is 1. The quantitative estimate of drug-likeness (QED) is 0.599. The maximum absolute atomic E-state index is 13.1. The molecule has 0 unspecified atom stereocenters. The van der Waals surface area contributed by atoms with E-state index in [0.717, 1.165) is 24.8 Å². The third kappa shape index (κ3) is 4.51. The highest BCUT2D eigenvalue weighted by Gasteiger charge is 2.33. The van der Waals surface area contributed by atoms with Crippen molar-refractivity contribution in [1.29, 1.82) is 0 Å². The van der Waals surface area contributed by atoms with Crippen LogP contribution >= 0.6 is 11.3 Å². The molecular weight excluding hydrogens is 364 g/mol. The van der Waals surface area contributed by atoms with Gasteiger partial charge in [0.1, 0.15) is 6.04 Å². The van der Waals surface area contributed by atoms with Crippen molar-refractivity contribution in [3.8, 4) is 0 Å². The molecule has 1 heterocycles. The fraction of sp³-hybridized carbons (Fsp3) is 0.292. The predicted octanol–water partition coefficient (Wildman–Crippen LogP) is 3.98. The second-order valence-electron chi connectivity index (χ2n) is 7.45. The van der Waals surface area contributed by atoms with Crippen LogP contribution in [0.5, 0.6) is 0 Å². The smallest absolute Gasteiger partial charge is 0.283 e. The van der Waals surface area contributed by atoms with Crippen molar-refractivity contribution in [1.82, 2.24) is 5.32 Å². The average Bonchev–Trinajstić information content (AvgIpc) is 3.38. The average molecular weight is 392 g/mol.